The maximum Gasteiger partial charge on any atom is 0.248 e. The van der Waals surface area contributed by atoms with Crippen molar-refractivity contribution in [3.05, 3.63) is 78.4 Å². The van der Waals surface area contributed by atoms with Crippen LogP contribution in [-0.2, 0) is 14.8 Å². The number of carbonyl (C=O) groups is 1. The number of benzene rings is 3. The lowest BCUT2D eigenvalue weighted by atomic mass is 10.1. The third-order valence-corrected chi connectivity index (χ3v) is 5.36. The number of rotatable bonds is 5. The van der Waals surface area contributed by atoms with Crippen LogP contribution in [0.5, 0.6) is 0 Å². The molecule has 0 radical (unpaired) electrons. The summed E-state index contributed by atoms with van der Waals surface area (Å²) in [7, 11) is -2.10. The van der Waals surface area contributed by atoms with Crippen LogP contribution in [0.2, 0.25) is 0 Å². The normalized spacial score (nSPS) is 11.7. The highest BCUT2D eigenvalue weighted by Gasteiger charge is 2.09. The SMILES string of the molecule is CNS(=O)(=O)c1ccc(/C=C/C(=O)Nc2cccc3ccccc23)cc1. The lowest BCUT2D eigenvalue weighted by Gasteiger charge is -2.06. The second-order valence-electron chi connectivity index (χ2n) is 5.63. The monoisotopic (exact) mass is 366 g/mol. The first kappa shape index (κ1) is 17.8. The van der Waals surface area contributed by atoms with E-state index < -0.39 is 10.0 Å². The van der Waals surface area contributed by atoms with Gasteiger partial charge in [0.05, 0.1) is 4.90 Å². The predicted molar refractivity (Wildman–Crippen MR) is 104 cm³/mol. The van der Waals surface area contributed by atoms with Crippen LogP contribution in [0, 0.1) is 0 Å². The molecule has 1 amide bonds. The Morgan fingerprint density at radius 3 is 2.35 bits per heavy atom. The fourth-order valence-corrected chi connectivity index (χ4v) is 3.29. The largest absolute Gasteiger partial charge is 0.322 e. The van der Waals surface area contributed by atoms with E-state index in [1.54, 1.807) is 18.2 Å². The zero-order valence-electron chi connectivity index (χ0n) is 14.1. The number of sulfonamides is 1. The minimum atomic E-state index is -3.46. The summed E-state index contributed by atoms with van der Waals surface area (Å²) in [5.74, 6) is -0.256. The summed E-state index contributed by atoms with van der Waals surface area (Å²) in [6, 6.07) is 19.8. The number of nitrogens with one attached hydrogen (secondary N) is 2. The first-order chi connectivity index (χ1) is 12.5. The van der Waals surface area contributed by atoms with E-state index in [1.807, 2.05) is 42.5 Å². The number of anilines is 1. The van der Waals surface area contributed by atoms with Crippen molar-refractivity contribution in [2.45, 2.75) is 4.90 Å². The third-order valence-electron chi connectivity index (χ3n) is 3.93. The Bertz CT molecular complexity index is 1070. The lowest BCUT2D eigenvalue weighted by Crippen LogP contribution is -2.18. The highest BCUT2D eigenvalue weighted by Crippen LogP contribution is 2.23. The summed E-state index contributed by atoms with van der Waals surface area (Å²) >= 11 is 0. The molecule has 3 aromatic rings. The Kier molecular flexibility index (Phi) is 5.16. The van der Waals surface area contributed by atoms with E-state index in [0.29, 0.717) is 0 Å². The maximum absolute atomic E-state index is 12.2. The van der Waals surface area contributed by atoms with Gasteiger partial charge in [-0.25, -0.2) is 13.1 Å². The molecule has 0 atom stereocenters. The summed E-state index contributed by atoms with van der Waals surface area (Å²) < 4.78 is 25.7. The molecule has 132 valence electrons. The number of amides is 1. The van der Waals surface area contributed by atoms with Crippen LogP contribution in [-0.4, -0.2) is 21.4 Å². The van der Waals surface area contributed by atoms with Crippen molar-refractivity contribution < 1.29 is 13.2 Å². The van der Waals surface area contributed by atoms with Crippen molar-refractivity contribution in [2.24, 2.45) is 0 Å². The van der Waals surface area contributed by atoms with Crippen molar-refractivity contribution in [3.8, 4) is 0 Å². The molecule has 0 saturated carbocycles. The number of carbonyl (C=O) groups excluding carboxylic acids is 1. The Morgan fingerprint density at radius 2 is 1.62 bits per heavy atom. The van der Waals surface area contributed by atoms with E-state index in [-0.39, 0.29) is 10.8 Å². The molecule has 2 N–H and O–H groups in total. The fraction of sp³-hybridized carbons (Fsp3) is 0.0500. The summed E-state index contributed by atoms with van der Waals surface area (Å²) in [6.45, 7) is 0. The van der Waals surface area contributed by atoms with Crippen LogP contribution in [0.3, 0.4) is 0 Å². The molecule has 0 fully saturated rings. The fourth-order valence-electron chi connectivity index (χ4n) is 2.56. The standard InChI is InChI=1S/C20H18N2O3S/c1-21-26(24,25)17-12-9-15(10-13-17)11-14-20(23)22-19-8-4-6-16-5-2-3-7-18(16)19/h2-14,21H,1H3,(H,22,23)/b14-11+. The lowest BCUT2D eigenvalue weighted by molar-refractivity contribution is -0.111. The van der Waals surface area contributed by atoms with E-state index in [9.17, 15) is 13.2 Å². The van der Waals surface area contributed by atoms with Crippen LogP contribution in [0.4, 0.5) is 5.69 Å². The van der Waals surface area contributed by atoms with Crippen LogP contribution >= 0.6 is 0 Å². The van der Waals surface area contributed by atoms with Gasteiger partial charge >= 0.3 is 0 Å². The van der Waals surface area contributed by atoms with Gasteiger partial charge in [0.1, 0.15) is 0 Å². The summed E-state index contributed by atoms with van der Waals surface area (Å²) in [5, 5.41) is 4.89. The Balaban J connectivity index is 1.73. The van der Waals surface area contributed by atoms with Crippen LogP contribution in [0.15, 0.2) is 77.7 Å². The maximum atomic E-state index is 12.2. The first-order valence-corrected chi connectivity index (χ1v) is 9.48. The smallest absolute Gasteiger partial charge is 0.248 e. The molecule has 0 heterocycles. The molecule has 0 spiro atoms. The van der Waals surface area contributed by atoms with Crippen molar-refractivity contribution in [1.82, 2.24) is 4.72 Å². The van der Waals surface area contributed by atoms with Crippen molar-refractivity contribution in [1.29, 1.82) is 0 Å². The highest BCUT2D eigenvalue weighted by atomic mass is 32.2. The van der Waals surface area contributed by atoms with Crippen molar-refractivity contribution in [2.75, 3.05) is 12.4 Å². The molecule has 0 saturated heterocycles. The van der Waals surface area contributed by atoms with E-state index in [1.165, 1.54) is 25.3 Å². The van der Waals surface area contributed by atoms with Gasteiger partial charge in [-0.3, -0.25) is 4.79 Å². The zero-order valence-corrected chi connectivity index (χ0v) is 15.0. The summed E-state index contributed by atoms with van der Waals surface area (Å²) in [4.78, 5) is 12.4. The molecular formula is C20H18N2O3S. The first-order valence-electron chi connectivity index (χ1n) is 8.00. The minimum Gasteiger partial charge on any atom is -0.322 e. The number of hydrogen-bond donors (Lipinski definition) is 2. The molecule has 0 aliphatic carbocycles. The number of fused-ring (bicyclic) bond motifs is 1. The Morgan fingerprint density at radius 1 is 0.923 bits per heavy atom. The molecule has 6 heteroatoms. The van der Waals surface area contributed by atoms with Gasteiger partial charge in [0.2, 0.25) is 15.9 Å². The van der Waals surface area contributed by atoms with E-state index in [0.717, 1.165) is 22.0 Å². The van der Waals surface area contributed by atoms with Gasteiger partial charge in [-0.1, -0.05) is 48.5 Å². The average Bonchev–Trinajstić information content (AvgIpc) is 2.67. The topological polar surface area (TPSA) is 75.3 Å². The molecule has 26 heavy (non-hydrogen) atoms. The summed E-state index contributed by atoms with van der Waals surface area (Å²) in [5.41, 5.74) is 1.47. The highest BCUT2D eigenvalue weighted by molar-refractivity contribution is 7.89. The minimum absolute atomic E-state index is 0.178. The summed E-state index contributed by atoms with van der Waals surface area (Å²) in [6.07, 6.45) is 3.06. The average molecular weight is 366 g/mol. The Labute approximate surface area is 152 Å². The molecule has 3 rings (SSSR count). The molecule has 0 bridgehead atoms. The van der Waals surface area contributed by atoms with Crippen LogP contribution < -0.4 is 10.0 Å². The third kappa shape index (κ3) is 3.99. The van der Waals surface area contributed by atoms with Gasteiger partial charge in [-0.05, 0) is 42.3 Å². The van der Waals surface area contributed by atoms with Crippen LogP contribution in [0.1, 0.15) is 5.56 Å². The van der Waals surface area contributed by atoms with E-state index in [4.69, 9.17) is 0 Å². The van der Waals surface area contributed by atoms with Gasteiger partial charge in [0, 0.05) is 17.1 Å². The van der Waals surface area contributed by atoms with E-state index in [2.05, 4.69) is 10.0 Å². The van der Waals surface area contributed by atoms with Crippen molar-refractivity contribution in [3.63, 3.8) is 0 Å². The molecule has 0 aromatic heterocycles. The molecule has 0 aliphatic heterocycles. The predicted octanol–water partition coefficient (Wildman–Crippen LogP) is 3.40. The van der Waals surface area contributed by atoms with E-state index >= 15 is 0 Å². The molecule has 0 aliphatic rings. The van der Waals surface area contributed by atoms with Crippen LogP contribution in [0.25, 0.3) is 16.8 Å². The van der Waals surface area contributed by atoms with Gasteiger partial charge in [0.25, 0.3) is 0 Å². The molecule has 5 nitrogen and oxygen atoms in total. The van der Waals surface area contributed by atoms with Gasteiger partial charge < -0.3 is 5.32 Å². The number of hydrogen-bond acceptors (Lipinski definition) is 3. The molecular weight excluding hydrogens is 348 g/mol. The quantitative estimate of drug-likeness (QED) is 0.680. The second-order valence-corrected chi connectivity index (χ2v) is 7.51. The zero-order chi connectivity index (χ0) is 18.6. The van der Waals surface area contributed by atoms with Crippen molar-refractivity contribution >= 4 is 38.5 Å². The second kappa shape index (κ2) is 7.51. The van der Waals surface area contributed by atoms with Gasteiger partial charge in [0.15, 0.2) is 0 Å². The van der Waals surface area contributed by atoms with Gasteiger partial charge in [-0.15, -0.1) is 0 Å². The van der Waals surface area contributed by atoms with Gasteiger partial charge in [-0.2, -0.15) is 0 Å². The molecule has 3 aromatic carbocycles. The molecule has 0 unspecified atom stereocenters. The Hall–Kier alpha value is -2.96.